The first-order chi connectivity index (χ1) is 10.6. The van der Waals surface area contributed by atoms with Crippen LogP contribution in [0.3, 0.4) is 0 Å². The van der Waals surface area contributed by atoms with Gasteiger partial charge in [0.1, 0.15) is 0 Å². The van der Waals surface area contributed by atoms with E-state index in [-0.39, 0.29) is 5.91 Å². The fourth-order valence-corrected chi connectivity index (χ4v) is 2.76. The van der Waals surface area contributed by atoms with E-state index in [0.29, 0.717) is 12.5 Å². The van der Waals surface area contributed by atoms with Crippen molar-refractivity contribution in [3.05, 3.63) is 16.1 Å². The molecule has 0 saturated heterocycles. The van der Waals surface area contributed by atoms with E-state index in [1.807, 2.05) is 18.9 Å². The van der Waals surface area contributed by atoms with Gasteiger partial charge in [-0.15, -0.1) is 11.3 Å². The molecule has 1 aliphatic carbocycles. The van der Waals surface area contributed by atoms with Crippen molar-refractivity contribution in [3.63, 3.8) is 0 Å². The van der Waals surface area contributed by atoms with E-state index in [9.17, 15) is 4.79 Å². The molecule has 7 heteroatoms. The molecule has 1 amide bonds. The van der Waals surface area contributed by atoms with Crippen LogP contribution < -0.4 is 10.6 Å². The van der Waals surface area contributed by atoms with Crippen molar-refractivity contribution in [2.45, 2.75) is 45.2 Å². The molecule has 1 aromatic heterocycles. The highest BCUT2D eigenvalue weighted by molar-refractivity contribution is 7.09. The molecule has 0 aliphatic heterocycles. The molecule has 2 rings (SSSR count). The van der Waals surface area contributed by atoms with Crippen LogP contribution in [0.15, 0.2) is 10.4 Å². The highest BCUT2D eigenvalue weighted by Crippen LogP contribution is 2.18. The number of rotatable bonds is 7. The Morgan fingerprint density at radius 2 is 2.32 bits per heavy atom. The Hall–Kier alpha value is -1.63. The van der Waals surface area contributed by atoms with Crippen LogP contribution in [0.25, 0.3) is 0 Å². The number of aromatic nitrogens is 1. The van der Waals surface area contributed by atoms with Crippen LogP contribution >= 0.6 is 11.3 Å². The maximum absolute atomic E-state index is 11.6. The minimum Gasteiger partial charge on any atom is -0.356 e. The van der Waals surface area contributed by atoms with Crippen molar-refractivity contribution < 1.29 is 4.79 Å². The third kappa shape index (κ3) is 5.63. The number of nitrogens with zero attached hydrogens (tertiary/aromatic N) is 3. The summed E-state index contributed by atoms with van der Waals surface area (Å²) < 4.78 is 0. The molecule has 1 fully saturated rings. The van der Waals surface area contributed by atoms with E-state index in [0.717, 1.165) is 49.0 Å². The maximum Gasteiger partial charge on any atom is 0.220 e. The fraction of sp³-hybridized carbons (Fsp3) is 0.667. The first kappa shape index (κ1) is 16.7. The summed E-state index contributed by atoms with van der Waals surface area (Å²) in [6.45, 7) is 3.48. The summed E-state index contributed by atoms with van der Waals surface area (Å²) in [5.41, 5.74) is 1.05. The van der Waals surface area contributed by atoms with Crippen LogP contribution in [0.5, 0.6) is 0 Å². The summed E-state index contributed by atoms with van der Waals surface area (Å²) in [4.78, 5) is 22.4. The molecule has 122 valence electrons. The zero-order valence-corrected chi connectivity index (χ0v) is 14.4. The molecule has 0 unspecified atom stereocenters. The number of aryl methyl sites for hydroxylation is 1. The van der Waals surface area contributed by atoms with Crippen molar-refractivity contribution in [3.8, 4) is 0 Å². The van der Waals surface area contributed by atoms with E-state index in [1.54, 1.807) is 18.4 Å². The van der Waals surface area contributed by atoms with E-state index in [2.05, 4.69) is 26.0 Å². The quantitative estimate of drug-likeness (QED) is 0.453. The van der Waals surface area contributed by atoms with Gasteiger partial charge in [-0.1, -0.05) is 0 Å². The Balaban J connectivity index is 1.66. The molecule has 0 aromatic carbocycles. The summed E-state index contributed by atoms with van der Waals surface area (Å²) in [5.74, 6) is 0.985. The van der Waals surface area contributed by atoms with Gasteiger partial charge < -0.3 is 15.5 Å². The molecule has 1 heterocycles. The average molecular weight is 323 g/mol. The molecule has 1 aromatic rings. The number of nitrogens with one attached hydrogen (secondary N) is 2. The number of carbonyl (C=O) groups is 1. The van der Waals surface area contributed by atoms with Crippen molar-refractivity contribution >= 4 is 23.2 Å². The number of aliphatic imine (C=N–C) groups is 1. The zero-order chi connectivity index (χ0) is 15.9. The van der Waals surface area contributed by atoms with Crippen LogP contribution in [-0.4, -0.2) is 48.4 Å². The van der Waals surface area contributed by atoms with Crippen LogP contribution in [0.2, 0.25) is 0 Å². The van der Waals surface area contributed by atoms with Gasteiger partial charge in [0.2, 0.25) is 5.91 Å². The Morgan fingerprint density at radius 3 is 2.91 bits per heavy atom. The van der Waals surface area contributed by atoms with Crippen LogP contribution in [0, 0.1) is 6.92 Å². The molecule has 1 aliphatic rings. The van der Waals surface area contributed by atoms with E-state index >= 15 is 0 Å². The number of thiazole rings is 1. The molecule has 1 saturated carbocycles. The molecule has 0 bridgehead atoms. The summed E-state index contributed by atoms with van der Waals surface area (Å²) in [6, 6.07) is 0.445. The first-order valence-corrected chi connectivity index (χ1v) is 8.58. The predicted molar refractivity (Wildman–Crippen MR) is 90.1 cm³/mol. The third-order valence-corrected chi connectivity index (χ3v) is 4.27. The second kappa shape index (κ2) is 8.12. The van der Waals surface area contributed by atoms with Gasteiger partial charge in [-0.25, -0.2) is 4.98 Å². The lowest BCUT2D eigenvalue weighted by Crippen LogP contribution is -2.39. The highest BCUT2D eigenvalue weighted by atomic mass is 32.1. The van der Waals surface area contributed by atoms with Gasteiger partial charge in [0.25, 0.3) is 0 Å². The van der Waals surface area contributed by atoms with Gasteiger partial charge >= 0.3 is 0 Å². The van der Waals surface area contributed by atoms with Crippen molar-refractivity contribution in [1.29, 1.82) is 0 Å². The number of hydrogen-bond acceptors (Lipinski definition) is 4. The van der Waals surface area contributed by atoms with Gasteiger partial charge in [-0.2, -0.15) is 0 Å². The summed E-state index contributed by atoms with van der Waals surface area (Å²) in [6.07, 6.45) is 3.64. The zero-order valence-electron chi connectivity index (χ0n) is 13.6. The number of guanidine groups is 1. The Bertz CT molecular complexity index is 524. The molecule has 22 heavy (non-hydrogen) atoms. The molecule has 6 nitrogen and oxygen atoms in total. The Kier molecular flexibility index (Phi) is 6.18. The molecule has 2 N–H and O–H groups in total. The normalized spacial score (nSPS) is 14.8. The molecule has 0 atom stereocenters. The maximum atomic E-state index is 11.6. The Labute approximate surface area is 136 Å². The largest absolute Gasteiger partial charge is 0.356 e. The second-order valence-corrected chi connectivity index (χ2v) is 6.70. The fourth-order valence-electron chi connectivity index (χ4n) is 2.16. The van der Waals surface area contributed by atoms with Gasteiger partial charge in [0.15, 0.2) is 5.96 Å². The SMILES string of the molecule is CN=C(NCCCC(=O)NC1CC1)N(C)Cc1csc(C)n1. The first-order valence-electron chi connectivity index (χ1n) is 7.70. The third-order valence-electron chi connectivity index (χ3n) is 3.45. The lowest BCUT2D eigenvalue weighted by Gasteiger charge is -2.21. The van der Waals surface area contributed by atoms with Crippen LogP contribution in [0.4, 0.5) is 0 Å². The lowest BCUT2D eigenvalue weighted by atomic mass is 10.3. The van der Waals surface area contributed by atoms with E-state index in [1.165, 1.54) is 0 Å². The molecular weight excluding hydrogens is 298 g/mol. The van der Waals surface area contributed by atoms with Crippen LogP contribution in [0.1, 0.15) is 36.4 Å². The Morgan fingerprint density at radius 1 is 1.55 bits per heavy atom. The number of hydrogen-bond donors (Lipinski definition) is 2. The van der Waals surface area contributed by atoms with E-state index in [4.69, 9.17) is 0 Å². The average Bonchev–Trinajstić information content (AvgIpc) is 3.19. The smallest absolute Gasteiger partial charge is 0.220 e. The van der Waals surface area contributed by atoms with Crippen molar-refractivity contribution in [1.82, 2.24) is 20.5 Å². The molecule has 0 radical (unpaired) electrons. The molecule has 0 spiro atoms. The second-order valence-electron chi connectivity index (χ2n) is 5.63. The van der Waals surface area contributed by atoms with E-state index < -0.39 is 0 Å². The van der Waals surface area contributed by atoms with Crippen molar-refractivity contribution in [2.75, 3.05) is 20.6 Å². The van der Waals surface area contributed by atoms with Crippen molar-refractivity contribution in [2.24, 2.45) is 4.99 Å². The predicted octanol–water partition coefficient (Wildman–Crippen LogP) is 1.52. The van der Waals surface area contributed by atoms with Crippen LogP contribution in [-0.2, 0) is 11.3 Å². The lowest BCUT2D eigenvalue weighted by molar-refractivity contribution is -0.121. The van der Waals surface area contributed by atoms with Gasteiger partial charge in [0, 0.05) is 38.5 Å². The number of amides is 1. The standard InChI is InChI=1S/C15H25N5OS/c1-11-18-13(10-22-11)9-20(3)15(16-2)17-8-4-5-14(21)19-12-6-7-12/h10,12H,4-9H2,1-3H3,(H,16,17)(H,19,21). The summed E-state index contributed by atoms with van der Waals surface area (Å²) >= 11 is 1.66. The minimum absolute atomic E-state index is 0.158. The van der Waals surface area contributed by atoms with Gasteiger partial charge in [0.05, 0.1) is 17.2 Å². The minimum atomic E-state index is 0.158. The highest BCUT2D eigenvalue weighted by Gasteiger charge is 2.22. The summed E-state index contributed by atoms with van der Waals surface area (Å²) in [7, 11) is 3.76. The van der Waals surface area contributed by atoms with Gasteiger partial charge in [-0.05, 0) is 26.2 Å². The monoisotopic (exact) mass is 323 g/mol. The summed E-state index contributed by atoms with van der Waals surface area (Å²) in [5, 5.41) is 9.44. The molecular formula is C15H25N5OS. The topological polar surface area (TPSA) is 69.6 Å². The number of carbonyl (C=O) groups excluding carboxylic acids is 1. The van der Waals surface area contributed by atoms with Gasteiger partial charge in [-0.3, -0.25) is 9.79 Å².